The predicted octanol–water partition coefficient (Wildman–Crippen LogP) is 1.19. The van der Waals surface area contributed by atoms with Gasteiger partial charge < -0.3 is 9.57 Å². The van der Waals surface area contributed by atoms with Gasteiger partial charge in [0.25, 0.3) is 0 Å². The standard InChI is InChI=1S/C19H17N3O4/c1-22-18(23)13-11-8-12(14(13)19(22)24)17-15(11)16(21-26-17)9-2-4-10(5-3-9)25-7-6-20/h2-5,11-15,17H,7-8H2,1H3/t11-,12+,13+,14-,15+,17+/m0/s1. The lowest BCUT2D eigenvalue weighted by Crippen LogP contribution is -2.41. The molecule has 1 aromatic carbocycles. The first-order valence-electron chi connectivity index (χ1n) is 8.77. The van der Waals surface area contributed by atoms with Crippen LogP contribution in [0, 0.1) is 40.9 Å². The van der Waals surface area contributed by atoms with E-state index in [1.807, 2.05) is 18.2 Å². The van der Waals surface area contributed by atoms with Gasteiger partial charge >= 0.3 is 0 Å². The van der Waals surface area contributed by atoms with Gasteiger partial charge in [0.05, 0.1) is 17.5 Å². The summed E-state index contributed by atoms with van der Waals surface area (Å²) >= 11 is 0. The number of rotatable bonds is 3. The van der Waals surface area contributed by atoms with Gasteiger partial charge in [0.1, 0.15) is 17.9 Å². The molecule has 2 aliphatic heterocycles. The summed E-state index contributed by atoms with van der Waals surface area (Å²) in [7, 11) is 1.58. The van der Waals surface area contributed by atoms with E-state index < -0.39 is 0 Å². The van der Waals surface area contributed by atoms with E-state index >= 15 is 0 Å². The van der Waals surface area contributed by atoms with Crippen molar-refractivity contribution in [2.75, 3.05) is 13.7 Å². The van der Waals surface area contributed by atoms with Gasteiger partial charge in [-0.25, -0.2) is 0 Å². The van der Waals surface area contributed by atoms with Crippen molar-refractivity contribution >= 4 is 17.5 Å². The highest BCUT2D eigenvalue weighted by Gasteiger charge is 2.69. The SMILES string of the molecule is CN1C(=O)[C@@H]2[C@@H]3C[C@@H]([C@H]4ON=C(c5ccc(OCC#N)cc5)[C@@H]34)[C@@H]2C1=O. The van der Waals surface area contributed by atoms with Crippen LogP contribution in [0.15, 0.2) is 29.4 Å². The number of amides is 2. The Bertz CT molecular complexity index is 872. The number of ether oxygens (including phenoxy) is 1. The van der Waals surface area contributed by atoms with Crippen LogP contribution in [-0.4, -0.2) is 42.2 Å². The molecule has 0 unspecified atom stereocenters. The number of likely N-dealkylation sites (tertiary alicyclic amines) is 1. The number of nitrogens with zero attached hydrogens (tertiary/aromatic N) is 3. The molecule has 2 amide bonds. The molecule has 0 aromatic heterocycles. The third-order valence-corrected chi connectivity index (χ3v) is 6.36. The number of oxime groups is 1. The molecule has 26 heavy (non-hydrogen) atoms. The molecule has 0 radical (unpaired) electrons. The zero-order valence-corrected chi connectivity index (χ0v) is 14.2. The maximum atomic E-state index is 12.5. The van der Waals surface area contributed by atoms with E-state index in [0.717, 1.165) is 17.7 Å². The summed E-state index contributed by atoms with van der Waals surface area (Å²) in [4.78, 5) is 32.0. The van der Waals surface area contributed by atoms with Gasteiger partial charge in [-0.3, -0.25) is 14.5 Å². The Hall–Kier alpha value is -2.88. The monoisotopic (exact) mass is 351 g/mol. The number of carbonyl (C=O) groups excluding carboxylic acids is 2. The van der Waals surface area contributed by atoms with Crippen LogP contribution in [0.5, 0.6) is 5.75 Å². The van der Waals surface area contributed by atoms with Crippen LogP contribution in [0.1, 0.15) is 12.0 Å². The maximum absolute atomic E-state index is 12.5. The van der Waals surface area contributed by atoms with Gasteiger partial charge in [-0.2, -0.15) is 5.26 Å². The van der Waals surface area contributed by atoms with Crippen molar-refractivity contribution in [1.29, 1.82) is 5.26 Å². The smallest absolute Gasteiger partial charge is 0.233 e. The quantitative estimate of drug-likeness (QED) is 0.763. The molecule has 0 spiro atoms. The molecule has 1 saturated heterocycles. The lowest BCUT2D eigenvalue weighted by Gasteiger charge is -2.29. The van der Waals surface area contributed by atoms with Crippen LogP contribution in [0.25, 0.3) is 0 Å². The topological polar surface area (TPSA) is 92.0 Å². The van der Waals surface area contributed by atoms with Crippen molar-refractivity contribution in [2.45, 2.75) is 12.5 Å². The minimum Gasteiger partial charge on any atom is -0.479 e. The minimum atomic E-state index is -0.241. The van der Waals surface area contributed by atoms with E-state index in [1.165, 1.54) is 4.90 Å². The summed E-state index contributed by atoms with van der Waals surface area (Å²) in [6.07, 6.45) is 0.729. The number of fused-ring (bicyclic) bond motifs is 8. The van der Waals surface area contributed by atoms with Gasteiger partial charge in [0.2, 0.25) is 11.8 Å². The number of carbonyl (C=O) groups is 2. The third-order valence-electron chi connectivity index (χ3n) is 6.36. The Labute approximate surface area is 150 Å². The lowest BCUT2D eigenvalue weighted by molar-refractivity contribution is -0.139. The van der Waals surface area contributed by atoms with Crippen molar-refractivity contribution in [3.63, 3.8) is 0 Å². The summed E-state index contributed by atoms with van der Waals surface area (Å²) in [5.41, 5.74) is 1.78. The molecular weight excluding hydrogens is 334 g/mol. The fraction of sp³-hybridized carbons (Fsp3) is 0.474. The molecule has 2 bridgehead atoms. The van der Waals surface area contributed by atoms with E-state index in [0.29, 0.717) is 5.75 Å². The van der Waals surface area contributed by atoms with E-state index in [4.69, 9.17) is 14.8 Å². The molecule has 2 saturated carbocycles. The summed E-state index contributed by atoms with van der Waals surface area (Å²) in [6, 6.07) is 9.34. The zero-order valence-electron chi connectivity index (χ0n) is 14.2. The highest BCUT2D eigenvalue weighted by atomic mass is 16.6. The normalized spacial score (nSPS) is 36.5. The first-order chi connectivity index (χ1) is 12.6. The summed E-state index contributed by atoms with van der Waals surface area (Å²) in [5, 5.41) is 12.9. The largest absolute Gasteiger partial charge is 0.479 e. The molecule has 4 aliphatic rings. The van der Waals surface area contributed by atoms with Gasteiger partial charge in [-0.15, -0.1) is 0 Å². The van der Waals surface area contributed by atoms with Crippen molar-refractivity contribution in [1.82, 2.24) is 4.90 Å². The molecule has 2 aliphatic carbocycles. The van der Waals surface area contributed by atoms with E-state index in [1.54, 1.807) is 19.2 Å². The second-order valence-corrected chi connectivity index (χ2v) is 7.39. The van der Waals surface area contributed by atoms with Crippen LogP contribution >= 0.6 is 0 Å². The van der Waals surface area contributed by atoms with Crippen LogP contribution in [0.3, 0.4) is 0 Å². The molecule has 5 rings (SSSR count). The first-order valence-corrected chi connectivity index (χ1v) is 8.77. The molecule has 3 fully saturated rings. The van der Waals surface area contributed by atoms with Gasteiger partial charge in [0, 0.05) is 24.4 Å². The van der Waals surface area contributed by atoms with E-state index in [-0.39, 0.29) is 54.1 Å². The second kappa shape index (κ2) is 5.31. The zero-order chi connectivity index (χ0) is 18.0. The number of hydrogen-bond acceptors (Lipinski definition) is 6. The molecule has 2 heterocycles. The van der Waals surface area contributed by atoms with Gasteiger partial charge in [0.15, 0.2) is 6.61 Å². The molecule has 7 heteroatoms. The van der Waals surface area contributed by atoms with Crippen LogP contribution in [0.2, 0.25) is 0 Å². The third kappa shape index (κ3) is 1.84. The van der Waals surface area contributed by atoms with Crippen LogP contribution < -0.4 is 4.74 Å². The first kappa shape index (κ1) is 15.4. The Kier molecular flexibility index (Phi) is 3.14. The number of hydrogen-bond donors (Lipinski definition) is 0. The maximum Gasteiger partial charge on any atom is 0.233 e. The number of benzene rings is 1. The number of nitriles is 1. The molecule has 6 atom stereocenters. The number of imide groups is 1. The second-order valence-electron chi connectivity index (χ2n) is 7.39. The van der Waals surface area contributed by atoms with Crippen LogP contribution in [0.4, 0.5) is 0 Å². The predicted molar refractivity (Wildman–Crippen MR) is 88.8 cm³/mol. The molecule has 132 valence electrons. The summed E-state index contributed by atoms with van der Waals surface area (Å²) in [6.45, 7) is 0.00455. The van der Waals surface area contributed by atoms with Crippen molar-refractivity contribution < 1.29 is 19.2 Å². The molecule has 7 nitrogen and oxygen atoms in total. The van der Waals surface area contributed by atoms with Crippen molar-refractivity contribution in [3.8, 4) is 11.8 Å². The fourth-order valence-electron chi connectivity index (χ4n) is 5.35. The Balaban J connectivity index is 1.42. The van der Waals surface area contributed by atoms with Crippen molar-refractivity contribution in [2.24, 2.45) is 34.7 Å². The minimum absolute atomic E-state index is 0.00455. The molecule has 1 aromatic rings. The average Bonchev–Trinajstić information content (AvgIpc) is 3.38. The summed E-state index contributed by atoms with van der Waals surface area (Å²) in [5.74, 6) is 0.245. The van der Waals surface area contributed by atoms with Gasteiger partial charge in [-0.1, -0.05) is 5.16 Å². The van der Waals surface area contributed by atoms with Gasteiger partial charge in [-0.05, 0) is 36.6 Å². The fourth-order valence-corrected chi connectivity index (χ4v) is 5.35. The Morgan fingerprint density at radius 1 is 1.19 bits per heavy atom. The van der Waals surface area contributed by atoms with E-state index in [2.05, 4.69) is 5.16 Å². The summed E-state index contributed by atoms with van der Waals surface area (Å²) < 4.78 is 5.28. The Morgan fingerprint density at radius 3 is 2.58 bits per heavy atom. The lowest BCUT2D eigenvalue weighted by atomic mass is 9.71. The van der Waals surface area contributed by atoms with Crippen LogP contribution in [-0.2, 0) is 14.4 Å². The van der Waals surface area contributed by atoms with E-state index in [9.17, 15) is 9.59 Å². The highest BCUT2D eigenvalue weighted by Crippen LogP contribution is 2.61. The molecule has 0 N–H and O–H groups in total. The average molecular weight is 351 g/mol. The molecular formula is C19H17N3O4. The highest BCUT2D eigenvalue weighted by molar-refractivity contribution is 6.08. The van der Waals surface area contributed by atoms with Crippen molar-refractivity contribution in [3.05, 3.63) is 29.8 Å². The Morgan fingerprint density at radius 2 is 1.88 bits per heavy atom.